The van der Waals surface area contributed by atoms with Gasteiger partial charge in [-0.1, -0.05) is 35.9 Å². The van der Waals surface area contributed by atoms with Crippen LogP contribution in [0.4, 0.5) is 4.79 Å². The first-order chi connectivity index (χ1) is 12.0. The van der Waals surface area contributed by atoms with Crippen molar-refractivity contribution in [2.75, 3.05) is 6.54 Å². The first-order valence-electron chi connectivity index (χ1n) is 7.77. The summed E-state index contributed by atoms with van der Waals surface area (Å²) in [6.45, 7) is 1.02. The van der Waals surface area contributed by atoms with Crippen molar-refractivity contribution in [2.24, 2.45) is 0 Å². The van der Waals surface area contributed by atoms with E-state index < -0.39 is 6.16 Å². The molecule has 0 saturated heterocycles. The summed E-state index contributed by atoms with van der Waals surface area (Å²) in [5.41, 5.74) is 2.77. The fourth-order valence-electron chi connectivity index (χ4n) is 2.76. The number of nitrogens with zero attached hydrogens (tertiary/aromatic N) is 1. The van der Waals surface area contributed by atoms with Crippen molar-refractivity contribution in [3.05, 3.63) is 70.3 Å². The normalized spacial score (nSPS) is 13.6. The molecular formula is C19H16ClNO4. The predicted octanol–water partition coefficient (Wildman–Crippen LogP) is 3.99. The fourth-order valence-corrected chi connectivity index (χ4v) is 2.96. The summed E-state index contributed by atoms with van der Waals surface area (Å²) in [5.74, 6) is 0.141. The molecule has 0 fully saturated rings. The average Bonchev–Trinajstić information content (AvgIpc) is 2.59. The second-order valence-electron chi connectivity index (χ2n) is 5.66. The molecule has 0 unspecified atom stereocenters. The number of benzene rings is 2. The number of carbonyl (C=O) groups is 2. The van der Waals surface area contributed by atoms with Gasteiger partial charge in [-0.25, -0.2) is 4.79 Å². The summed E-state index contributed by atoms with van der Waals surface area (Å²) in [6.07, 6.45) is 2.56. The zero-order valence-corrected chi connectivity index (χ0v) is 14.1. The van der Waals surface area contributed by atoms with Crippen LogP contribution in [0, 0.1) is 0 Å². The Balaban J connectivity index is 1.72. The standard InChI is InChI=1S/C19H16ClNO4/c20-17-4-2-1-3-14(17)6-8-18(22)21-10-9-13-5-7-16(25-19(23)24)11-15(13)12-21/h1-8,11H,9-10,12H2,(H,23,24). The van der Waals surface area contributed by atoms with Crippen LogP contribution >= 0.6 is 11.6 Å². The lowest BCUT2D eigenvalue weighted by Gasteiger charge is -2.28. The first kappa shape index (κ1) is 17.0. The van der Waals surface area contributed by atoms with Gasteiger partial charge in [-0.2, -0.15) is 0 Å². The van der Waals surface area contributed by atoms with Crippen LogP contribution in [0.1, 0.15) is 16.7 Å². The molecule has 2 aromatic rings. The van der Waals surface area contributed by atoms with E-state index in [0.29, 0.717) is 24.5 Å². The second kappa shape index (κ2) is 7.40. The van der Waals surface area contributed by atoms with Crippen LogP contribution in [0.3, 0.4) is 0 Å². The number of fused-ring (bicyclic) bond motifs is 1. The van der Waals surface area contributed by atoms with Gasteiger partial charge >= 0.3 is 6.16 Å². The third-order valence-corrected chi connectivity index (χ3v) is 4.36. The minimum absolute atomic E-state index is 0.116. The lowest BCUT2D eigenvalue weighted by Crippen LogP contribution is -2.34. The maximum absolute atomic E-state index is 12.4. The van der Waals surface area contributed by atoms with E-state index in [9.17, 15) is 9.59 Å². The molecule has 6 heteroatoms. The molecule has 0 aliphatic carbocycles. The fraction of sp³-hybridized carbons (Fsp3) is 0.158. The SMILES string of the molecule is O=C(O)Oc1ccc2c(c1)CN(C(=O)C=Cc1ccccc1Cl)CC2. The smallest absolute Gasteiger partial charge is 0.449 e. The van der Waals surface area contributed by atoms with Crippen molar-refractivity contribution >= 4 is 29.7 Å². The highest BCUT2D eigenvalue weighted by molar-refractivity contribution is 6.32. The van der Waals surface area contributed by atoms with Gasteiger partial charge in [0.15, 0.2) is 0 Å². The number of carbonyl (C=O) groups excluding carboxylic acids is 1. The van der Waals surface area contributed by atoms with E-state index in [1.54, 1.807) is 29.2 Å². The van der Waals surface area contributed by atoms with E-state index in [4.69, 9.17) is 16.7 Å². The van der Waals surface area contributed by atoms with E-state index in [-0.39, 0.29) is 11.7 Å². The van der Waals surface area contributed by atoms with Crippen LogP contribution in [0.2, 0.25) is 5.02 Å². The third kappa shape index (κ3) is 4.19. The Kier molecular flexibility index (Phi) is 5.05. The van der Waals surface area contributed by atoms with E-state index in [1.165, 1.54) is 6.08 Å². The summed E-state index contributed by atoms with van der Waals surface area (Å²) in [5, 5.41) is 9.29. The number of ether oxygens (including phenoxy) is 1. The van der Waals surface area contributed by atoms with Crippen LogP contribution in [-0.2, 0) is 17.8 Å². The molecule has 1 amide bonds. The number of hydrogen-bond acceptors (Lipinski definition) is 3. The highest BCUT2D eigenvalue weighted by atomic mass is 35.5. The van der Waals surface area contributed by atoms with Gasteiger partial charge < -0.3 is 14.7 Å². The number of amides is 1. The Morgan fingerprint density at radius 3 is 2.72 bits per heavy atom. The molecule has 5 nitrogen and oxygen atoms in total. The molecule has 0 atom stereocenters. The van der Waals surface area contributed by atoms with Gasteiger partial charge in [-0.05, 0) is 47.4 Å². The second-order valence-corrected chi connectivity index (χ2v) is 6.07. The highest BCUT2D eigenvalue weighted by Gasteiger charge is 2.20. The summed E-state index contributed by atoms with van der Waals surface area (Å²) < 4.78 is 4.68. The lowest BCUT2D eigenvalue weighted by atomic mass is 9.99. The van der Waals surface area contributed by atoms with Crippen LogP contribution in [0.25, 0.3) is 6.08 Å². The van der Waals surface area contributed by atoms with Gasteiger partial charge in [0.1, 0.15) is 5.75 Å². The summed E-state index contributed by atoms with van der Waals surface area (Å²) in [7, 11) is 0. The molecule has 128 valence electrons. The van der Waals surface area contributed by atoms with Gasteiger partial charge in [0, 0.05) is 24.2 Å². The Morgan fingerprint density at radius 2 is 1.96 bits per heavy atom. The number of hydrogen-bond donors (Lipinski definition) is 1. The molecule has 1 aliphatic rings. The van der Waals surface area contributed by atoms with Crippen LogP contribution in [-0.4, -0.2) is 28.6 Å². The third-order valence-electron chi connectivity index (χ3n) is 4.02. The van der Waals surface area contributed by atoms with Gasteiger partial charge in [0.05, 0.1) is 0 Å². The molecule has 0 saturated carbocycles. The minimum atomic E-state index is -1.36. The Labute approximate surface area is 150 Å². The molecule has 25 heavy (non-hydrogen) atoms. The van der Waals surface area contributed by atoms with E-state index in [1.807, 2.05) is 24.3 Å². The van der Waals surface area contributed by atoms with Crippen molar-refractivity contribution in [1.82, 2.24) is 4.90 Å². The number of rotatable bonds is 3. The molecule has 1 N–H and O–H groups in total. The summed E-state index contributed by atoms with van der Waals surface area (Å²) in [6, 6.07) is 12.4. The van der Waals surface area contributed by atoms with Crippen molar-refractivity contribution in [2.45, 2.75) is 13.0 Å². The maximum atomic E-state index is 12.4. The quantitative estimate of drug-likeness (QED) is 0.512. The Morgan fingerprint density at radius 1 is 1.16 bits per heavy atom. The maximum Gasteiger partial charge on any atom is 0.511 e. The first-order valence-corrected chi connectivity index (χ1v) is 8.15. The van der Waals surface area contributed by atoms with E-state index in [2.05, 4.69) is 4.74 Å². The van der Waals surface area contributed by atoms with Gasteiger partial charge in [0.2, 0.25) is 5.91 Å². The summed E-state index contributed by atoms with van der Waals surface area (Å²) in [4.78, 5) is 24.8. The lowest BCUT2D eigenvalue weighted by molar-refractivity contribution is -0.126. The van der Waals surface area contributed by atoms with Crippen LogP contribution in [0.15, 0.2) is 48.5 Å². The van der Waals surface area contributed by atoms with Crippen molar-refractivity contribution < 1.29 is 19.4 Å². The Bertz CT molecular complexity index is 847. The predicted molar refractivity (Wildman–Crippen MR) is 94.7 cm³/mol. The molecule has 3 rings (SSSR count). The number of carboxylic acid groups (broad SMARTS) is 1. The highest BCUT2D eigenvalue weighted by Crippen LogP contribution is 2.24. The van der Waals surface area contributed by atoms with Gasteiger partial charge in [0.25, 0.3) is 0 Å². The topological polar surface area (TPSA) is 66.8 Å². The van der Waals surface area contributed by atoms with E-state index >= 15 is 0 Å². The molecule has 0 radical (unpaired) electrons. The summed E-state index contributed by atoms with van der Waals surface area (Å²) >= 11 is 6.08. The molecule has 0 aromatic heterocycles. The average molecular weight is 358 g/mol. The Hall–Kier alpha value is -2.79. The van der Waals surface area contributed by atoms with Crippen molar-refractivity contribution in [3.63, 3.8) is 0 Å². The zero-order chi connectivity index (χ0) is 17.8. The molecule has 0 spiro atoms. The monoisotopic (exact) mass is 357 g/mol. The van der Waals surface area contributed by atoms with Crippen molar-refractivity contribution in [1.29, 1.82) is 0 Å². The van der Waals surface area contributed by atoms with Crippen LogP contribution < -0.4 is 4.74 Å². The molecule has 1 aliphatic heterocycles. The largest absolute Gasteiger partial charge is 0.511 e. The molecule has 1 heterocycles. The van der Waals surface area contributed by atoms with Gasteiger partial charge in [-0.15, -0.1) is 0 Å². The minimum Gasteiger partial charge on any atom is -0.449 e. The van der Waals surface area contributed by atoms with Crippen molar-refractivity contribution in [3.8, 4) is 5.75 Å². The zero-order valence-electron chi connectivity index (χ0n) is 13.3. The van der Waals surface area contributed by atoms with Crippen LogP contribution in [0.5, 0.6) is 5.75 Å². The molecule has 2 aromatic carbocycles. The molecular weight excluding hydrogens is 342 g/mol. The van der Waals surface area contributed by atoms with E-state index in [0.717, 1.165) is 16.7 Å². The molecule has 0 bridgehead atoms. The number of halogens is 1. The van der Waals surface area contributed by atoms with Gasteiger partial charge in [-0.3, -0.25) is 4.79 Å².